The zero-order valence-corrected chi connectivity index (χ0v) is 12.6. The number of hydrogen-bond acceptors (Lipinski definition) is 7. The Hall–Kier alpha value is -2.49. The SMILES string of the molecule is CC.CC(F)(F)CNc1nc(/C(N)=C/NN)nc2nc[nH]c12. The van der Waals surface area contributed by atoms with Gasteiger partial charge < -0.3 is 21.5 Å². The summed E-state index contributed by atoms with van der Waals surface area (Å²) in [5.41, 5.74) is 8.83. The molecular weight excluding hydrogens is 294 g/mol. The third kappa shape index (κ3) is 4.52. The molecule has 0 saturated heterocycles. The van der Waals surface area contributed by atoms with Crippen molar-refractivity contribution in [2.75, 3.05) is 11.9 Å². The van der Waals surface area contributed by atoms with Gasteiger partial charge in [0.25, 0.3) is 5.92 Å². The van der Waals surface area contributed by atoms with Crippen molar-refractivity contribution in [2.24, 2.45) is 11.6 Å². The summed E-state index contributed by atoms with van der Waals surface area (Å²) in [6.07, 6.45) is 2.67. The lowest BCUT2D eigenvalue weighted by Crippen LogP contribution is -2.24. The molecule has 22 heavy (non-hydrogen) atoms. The van der Waals surface area contributed by atoms with Crippen molar-refractivity contribution in [2.45, 2.75) is 26.7 Å². The molecule has 7 N–H and O–H groups in total. The molecule has 0 atom stereocenters. The van der Waals surface area contributed by atoms with Gasteiger partial charge in [-0.15, -0.1) is 0 Å². The summed E-state index contributed by atoms with van der Waals surface area (Å²) in [6, 6.07) is 0. The fourth-order valence-corrected chi connectivity index (χ4v) is 1.48. The van der Waals surface area contributed by atoms with Crippen molar-refractivity contribution < 1.29 is 8.78 Å². The van der Waals surface area contributed by atoms with E-state index < -0.39 is 12.5 Å². The quantitative estimate of drug-likeness (QED) is 0.413. The second-order valence-corrected chi connectivity index (χ2v) is 4.19. The molecule has 2 rings (SSSR count). The lowest BCUT2D eigenvalue weighted by molar-refractivity contribution is 0.0367. The van der Waals surface area contributed by atoms with E-state index in [1.807, 2.05) is 13.8 Å². The summed E-state index contributed by atoms with van der Waals surface area (Å²) < 4.78 is 25.8. The Morgan fingerprint density at radius 1 is 1.41 bits per heavy atom. The topological polar surface area (TPSA) is 131 Å². The zero-order chi connectivity index (χ0) is 16.8. The van der Waals surface area contributed by atoms with E-state index in [-0.39, 0.29) is 17.3 Å². The predicted octanol–water partition coefficient (Wildman–Crippen LogP) is 1.17. The van der Waals surface area contributed by atoms with E-state index in [0.717, 1.165) is 6.92 Å². The first-order valence-corrected chi connectivity index (χ1v) is 6.65. The van der Waals surface area contributed by atoms with Gasteiger partial charge in [-0.25, -0.2) is 23.7 Å². The van der Waals surface area contributed by atoms with Crippen LogP contribution < -0.4 is 22.3 Å². The molecule has 0 saturated carbocycles. The van der Waals surface area contributed by atoms with E-state index in [9.17, 15) is 8.78 Å². The molecule has 0 bridgehead atoms. The number of halogens is 2. The minimum Gasteiger partial charge on any atom is -0.394 e. The van der Waals surface area contributed by atoms with E-state index >= 15 is 0 Å². The third-order valence-corrected chi connectivity index (χ3v) is 2.35. The predicted molar refractivity (Wildman–Crippen MR) is 81.6 cm³/mol. The van der Waals surface area contributed by atoms with E-state index in [1.54, 1.807) is 0 Å². The van der Waals surface area contributed by atoms with Crippen LogP contribution in [0.4, 0.5) is 14.6 Å². The molecule has 0 fully saturated rings. The van der Waals surface area contributed by atoms with Gasteiger partial charge in [-0.05, 0) is 0 Å². The summed E-state index contributed by atoms with van der Waals surface area (Å²) >= 11 is 0. The number of hydrazine groups is 1. The third-order valence-electron chi connectivity index (χ3n) is 2.35. The van der Waals surface area contributed by atoms with Gasteiger partial charge >= 0.3 is 0 Å². The number of imidazole rings is 1. The van der Waals surface area contributed by atoms with Crippen LogP contribution in [0.5, 0.6) is 0 Å². The van der Waals surface area contributed by atoms with Gasteiger partial charge in [0.05, 0.1) is 18.6 Å². The smallest absolute Gasteiger partial charge is 0.262 e. The largest absolute Gasteiger partial charge is 0.394 e. The Bertz CT molecular complexity index is 632. The van der Waals surface area contributed by atoms with E-state index in [0.29, 0.717) is 11.2 Å². The van der Waals surface area contributed by atoms with Crippen LogP contribution in [0.2, 0.25) is 0 Å². The molecule has 0 aliphatic rings. The van der Waals surface area contributed by atoms with Crippen molar-refractivity contribution >= 4 is 22.7 Å². The van der Waals surface area contributed by atoms with Crippen molar-refractivity contribution in [3.8, 4) is 0 Å². The normalized spacial score (nSPS) is 11.8. The van der Waals surface area contributed by atoms with Crippen LogP contribution in [0, 0.1) is 0 Å². The second-order valence-electron chi connectivity index (χ2n) is 4.19. The van der Waals surface area contributed by atoms with Crippen molar-refractivity contribution in [3.63, 3.8) is 0 Å². The maximum atomic E-state index is 12.9. The van der Waals surface area contributed by atoms with Crippen molar-refractivity contribution in [3.05, 3.63) is 18.4 Å². The van der Waals surface area contributed by atoms with Gasteiger partial charge in [0.2, 0.25) is 0 Å². The highest BCUT2D eigenvalue weighted by molar-refractivity contribution is 5.83. The van der Waals surface area contributed by atoms with E-state index in [1.165, 1.54) is 12.5 Å². The number of hydrogen-bond donors (Lipinski definition) is 5. The number of aromatic nitrogens is 4. The molecule has 0 aliphatic heterocycles. The van der Waals surface area contributed by atoms with Crippen LogP contribution in [-0.2, 0) is 0 Å². The standard InChI is InChI=1S/C10H14F2N8.C2H6/c1-10(11,12)3-15-8-6-9(17-4-16-6)20-7(19-8)5(13)2-18-14;1-2/h2,4,18H,3,13-14H2,1H3,(H2,15,16,17,19,20);1-2H3/b5-2-;. The fourth-order valence-electron chi connectivity index (χ4n) is 1.48. The highest BCUT2D eigenvalue weighted by Gasteiger charge is 2.22. The number of rotatable bonds is 5. The minimum atomic E-state index is -2.88. The number of alkyl halides is 2. The number of nitrogens with one attached hydrogen (secondary N) is 3. The van der Waals surface area contributed by atoms with Gasteiger partial charge in [0, 0.05) is 13.1 Å². The maximum absolute atomic E-state index is 12.9. The summed E-state index contributed by atoms with van der Waals surface area (Å²) in [7, 11) is 0. The number of nitrogens with zero attached hydrogens (tertiary/aromatic N) is 3. The Morgan fingerprint density at radius 2 is 2.09 bits per heavy atom. The molecule has 2 heterocycles. The molecular formula is C12H20F2N8. The van der Waals surface area contributed by atoms with Crippen LogP contribution in [0.1, 0.15) is 26.6 Å². The first kappa shape index (κ1) is 17.6. The Labute approximate surface area is 126 Å². The summed E-state index contributed by atoms with van der Waals surface area (Å²) in [4.78, 5) is 14.9. The van der Waals surface area contributed by atoms with Crippen LogP contribution in [0.15, 0.2) is 12.5 Å². The molecule has 0 aliphatic carbocycles. The van der Waals surface area contributed by atoms with Crippen LogP contribution in [0.25, 0.3) is 16.9 Å². The first-order chi connectivity index (χ1) is 10.4. The van der Waals surface area contributed by atoms with Crippen molar-refractivity contribution in [1.82, 2.24) is 25.4 Å². The Morgan fingerprint density at radius 3 is 2.68 bits per heavy atom. The van der Waals surface area contributed by atoms with Crippen LogP contribution >= 0.6 is 0 Å². The first-order valence-electron chi connectivity index (χ1n) is 6.65. The average Bonchev–Trinajstić information content (AvgIpc) is 2.94. The summed E-state index contributed by atoms with van der Waals surface area (Å²) in [5.74, 6) is 2.56. The fraction of sp³-hybridized carbons (Fsp3) is 0.417. The van der Waals surface area contributed by atoms with Gasteiger partial charge in [0.1, 0.15) is 5.52 Å². The monoisotopic (exact) mass is 314 g/mol. The minimum absolute atomic E-state index is 0.129. The molecule has 0 amide bonds. The Kier molecular flexibility index (Phi) is 5.99. The number of nitrogens with two attached hydrogens (primary N) is 2. The lowest BCUT2D eigenvalue weighted by Gasteiger charge is -2.13. The van der Waals surface area contributed by atoms with Gasteiger partial charge in [-0.1, -0.05) is 13.8 Å². The molecule has 0 radical (unpaired) electrons. The maximum Gasteiger partial charge on any atom is 0.262 e. The number of fused-ring (bicyclic) bond motifs is 1. The van der Waals surface area contributed by atoms with Gasteiger partial charge in [-0.2, -0.15) is 0 Å². The number of anilines is 1. The van der Waals surface area contributed by atoms with Gasteiger partial charge in [-0.3, -0.25) is 5.84 Å². The van der Waals surface area contributed by atoms with E-state index in [4.69, 9.17) is 11.6 Å². The molecule has 10 heteroatoms. The highest BCUT2D eigenvalue weighted by Crippen LogP contribution is 2.20. The Balaban J connectivity index is 0.00000116. The van der Waals surface area contributed by atoms with Crippen LogP contribution in [0.3, 0.4) is 0 Å². The number of aromatic amines is 1. The lowest BCUT2D eigenvalue weighted by atomic mass is 10.3. The molecule has 0 aromatic carbocycles. The molecule has 0 spiro atoms. The summed E-state index contributed by atoms with van der Waals surface area (Å²) in [5, 5.41) is 2.54. The van der Waals surface area contributed by atoms with Crippen molar-refractivity contribution in [1.29, 1.82) is 0 Å². The van der Waals surface area contributed by atoms with E-state index in [2.05, 4.69) is 30.7 Å². The van der Waals surface area contributed by atoms with Crippen LogP contribution in [-0.4, -0.2) is 32.4 Å². The van der Waals surface area contributed by atoms with Gasteiger partial charge in [0.15, 0.2) is 17.3 Å². The molecule has 122 valence electrons. The number of H-pyrrole nitrogens is 1. The molecule has 8 nitrogen and oxygen atoms in total. The molecule has 0 unspecified atom stereocenters. The summed E-state index contributed by atoms with van der Waals surface area (Å²) in [6.45, 7) is 4.23. The average molecular weight is 314 g/mol. The highest BCUT2D eigenvalue weighted by atomic mass is 19.3. The molecule has 2 aromatic heterocycles. The zero-order valence-electron chi connectivity index (χ0n) is 12.6. The molecule has 2 aromatic rings. The second kappa shape index (κ2) is 7.50.